The molecular formula is C14H30N2O3. The highest BCUT2D eigenvalue weighted by atomic mass is 16.5. The zero-order valence-electron chi connectivity index (χ0n) is 12.4. The molecule has 0 bridgehead atoms. The molecule has 1 fully saturated rings. The summed E-state index contributed by atoms with van der Waals surface area (Å²) >= 11 is 0. The molecule has 1 rings (SSSR count). The van der Waals surface area contributed by atoms with Gasteiger partial charge in [0.25, 0.3) is 0 Å². The standard InChI is InChI=1S/C14H30N2O3/c1-3-15-10-13-4-6-16(7-5-13)11-14(17)12-19-9-8-18-2/h13-15,17H,3-12H2,1-2H3. The van der Waals surface area contributed by atoms with E-state index in [-0.39, 0.29) is 6.10 Å². The first-order valence-corrected chi connectivity index (χ1v) is 7.44. The average Bonchev–Trinajstić information content (AvgIpc) is 2.43. The molecular weight excluding hydrogens is 244 g/mol. The molecule has 2 N–H and O–H groups in total. The van der Waals surface area contributed by atoms with Crippen LogP contribution in [0.2, 0.25) is 0 Å². The van der Waals surface area contributed by atoms with Crippen LogP contribution in [0.15, 0.2) is 0 Å². The van der Waals surface area contributed by atoms with E-state index in [0.717, 1.165) is 38.6 Å². The highest BCUT2D eigenvalue weighted by Gasteiger charge is 2.20. The van der Waals surface area contributed by atoms with Gasteiger partial charge in [-0.1, -0.05) is 6.92 Å². The summed E-state index contributed by atoms with van der Waals surface area (Å²) in [5.41, 5.74) is 0. The molecule has 5 nitrogen and oxygen atoms in total. The Balaban J connectivity index is 2.04. The second kappa shape index (κ2) is 10.6. The smallest absolute Gasteiger partial charge is 0.0900 e. The fourth-order valence-corrected chi connectivity index (χ4v) is 2.43. The summed E-state index contributed by atoms with van der Waals surface area (Å²) in [6, 6.07) is 0. The van der Waals surface area contributed by atoms with Crippen molar-refractivity contribution in [2.75, 3.05) is 59.7 Å². The predicted molar refractivity (Wildman–Crippen MR) is 76.4 cm³/mol. The van der Waals surface area contributed by atoms with E-state index in [1.807, 2.05) is 0 Å². The van der Waals surface area contributed by atoms with E-state index < -0.39 is 0 Å². The predicted octanol–water partition coefficient (Wildman–Crippen LogP) is 0.332. The van der Waals surface area contributed by atoms with Crippen molar-refractivity contribution in [1.82, 2.24) is 10.2 Å². The maximum atomic E-state index is 9.89. The maximum absolute atomic E-state index is 9.89. The molecule has 0 aromatic rings. The summed E-state index contributed by atoms with van der Waals surface area (Å²) in [5.74, 6) is 0.797. The number of aliphatic hydroxyl groups excluding tert-OH is 1. The van der Waals surface area contributed by atoms with Crippen LogP contribution >= 0.6 is 0 Å². The largest absolute Gasteiger partial charge is 0.389 e. The second-order valence-corrected chi connectivity index (χ2v) is 5.27. The number of hydrogen-bond donors (Lipinski definition) is 2. The topological polar surface area (TPSA) is 54.0 Å². The minimum absolute atomic E-state index is 0.387. The maximum Gasteiger partial charge on any atom is 0.0900 e. The van der Waals surface area contributed by atoms with Gasteiger partial charge in [-0.3, -0.25) is 0 Å². The molecule has 0 radical (unpaired) electrons. The molecule has 114 valence electrons. The van der Waals surface area contributed by atoms with Gasteiger partial charge in [-0.05, 0) is 44.9 Å². The third-order valence-electron chi connectivity index (χ3n) is 3.60. The van der Waals surface area contributed by atoms with Crippen LogP contribution in [0.5, 0.6) is 0 Å². The number of ether oxygens (including phenoxy) is 2. The van der Waals surface area contributed by atoms with Gasteiger partial charge in [-0.15, -0.1) is 0 Å². The minimum Gasteiger partial charge on any atom is -0.389 e. The van der Waals surface area contributed by atoms with E-state index >= 15 is 0 Å². The average molecular weight is 274 g/mol. The lowest BCUT2D eigenvalue weighted by molar-refractivity contribution is -0.00456. The Labute approximate surface area is 117 Å². The fourth-order valence-electron chi connectivity index (χ4n) is 2.43. The van der Waals surface area contributed by atoms with Crippen molar-refractivity contribution in [3.05, 3.63) is 0 Å². The Morgan fingerprint density at radius 2 is 2.05 bits per heavy atom. The molecule has 5 heteroatoms. The van der Waals surface area contributed by atoms with Crippen molar-refractivity contribution in [2.24, 2.45) is 5.92 Å². The number of methoxy groups -OCH3 is 1. The summed E-state index contributed by atoms with van der Waals surface area (Å²) < 4.78 is 10.2. The van der Waals surface area contributed by atoms with Gasteiger partial charge in [0.15, 0.2) is 0 Å². The molecule has 19 heavy (non-hydrogen) atoms. The number of rotatable bonds is 10. The first-order chi connectivity index (χ1) is 9.26. The molecule has 0 amide bonds. The van der Waals surface area contributed by atoms with E-state index in [1.54, 1.807) is 7.11 Å². The molecule has 1 unspecified atom stereocenters. The van der Waals surface area contributed by atoms with Crippen molar-refractivity contribution in [1.29, 1.82) is 0 Å². The van der Waals surface area contributed by atoms with Crippen LogP contribution in [0.25, 0.3) is 0 Å². The van der Waals surface area contributed by atoms with Crippen LogP contribution in [0.4, 0.5) is 0 Å². The number of nitrogens with zero attached hydrogens (tertiary/aromatic N) is 1. The molecule has 1 heterocycles. The summed E-state index contributed by atoms with van der Waals surface area (Å²) in [6.07, 6.45) is 2.07. The Morgan fingerprint density at radius 3 is 2.68 bits per heavy atom. The van der Waals surface area contributed by atoms with Crippen molar-refractivity contribution in [2.45, 2.75) is 25.9 Å². The van der Waals surface area contributed by atoms with Gasteiger partial charge < -0.3 is 24.8 Å². The lowest BCUT2D eigenvalue weighted by atomic mass is 9.96. The highest BCUT2D eigenvalue weighted by Crippen LogP contribution is 2.16. The molecule has 0 spiro atoms. The SMILES string of the molecule is CCNCC1CCN(CC(O)COCCOC)CC1. The minimum atomic E-state index is -0.387. The van der Waals surface area contributed by atoms with Crippen molar-refractivity contribution >= 4 is 0 Å². The summed E-state index contributed by atoms with van der Waals surface area (Å²) in [5, 5.41) is 13.3. The van der Waals surface area contributed by atoms with E-state index in [9.17, 15) is 5.11 Å². The van der Waals surface area contributed by atoms with E-state index in [4.69, 9.17) is 9.47 Å². The van der Waals surface area contributed by atoms with Crippen LogP contribution in [0.3, 0.4) is 0 Å². The lowest BCUT2D eigenvalue weighted by Crippen LogP contribution is -2.42. The fraction of sp³-hybridized carbons (Fsp3) is 1.00. The molecule has 0 saturated carbocycles. The number of hydrogen-bond acceptors (Lipinski definition) is 5. The van der Waals surface area contributed by atoms with Gasteiger partial charge in [-0.25, -0.2) is 0 Å². The third-order valence-corrected chi connectivity index (χ3v) is 3.60. The van der Waals surface area contributed by atoms with Gasteiger partial charge in [0.1, 0.15) is 0 Å². The Bertz CT molecular complexity index is 209. The number of piperidine rings is 1. The monoisotopic (exact) mass is 274 g/mol. The van der Waals surface area contributed by atoms with Gasteiger partial charge >= 0.3 is 0 Å². The molecule has 0 aromatic carbocycles. The number of aliphatic hydroxyl groups is 1. The Morgan fingerprint density at radius 1 is 1.32 bits per heavy atom. The molecule has 0 aliphatic carbocycles. The normalized spacial score (nSPS) is 19.7. The van der Waals surface area contributed by atoms with Gasteiger partial charge in [0.05, 0.1) is 25.9 Å². The number of nitrogens with one attached hydrogen (secondary N) is 1. The third kappa shape index (κ3) is 7.84. The van der Waals surface area contributed by atoms with E-state index in [1.165, 1.54) is 12.8 Å². The summed E-state index contributed by atoms with van der Waals surface area (Å²) in [7, 11) is 1.65. The second-order valence-electron chi connectivity index (χ2n) is 5.27. The summed E-state index contributed by atoms with van der Waals surface area (Å²) in [4.78, 5) is 2.34. The molecule has 1 saturated heterocycles. The van der Waals surface area contributed by atoms with Crippen LogP contribution in [0, 0.1) is 5.92 Å². The van der Waals surface area contributed by atoms with E-state index in [2.05, 4.69) is 17.1 Å². The van der Waals surface area contributed by atoms with Gasteiger partial charge in [-0.2, -0.15) is 0 Å². The molecule has 1 aliphatic rings. The number of β-amino-alcohol motifs (C(OH)–C–C–N with tert-alkyl or cyclic N) is 1. The van der Waals surface area contributed by atoms with E-state index in [0.29, 0.717) is 19.8 Å². The lowest BCUT2D eigenvalue weighted by Gasteiger charge is -2.33. The zero-order chi connectivity index (χ0) is 13.9. The first-order valence-electron chi connectivity index (χ1n) is 7.44. The Hall–Kier alpha value is -0.200. The van der Waals surface area contributed by atoms with Crippen molar-refractivity contribution in [3.63, 3.8) is 0 Å². The summed E-state index contributed by atoms with van der Waals surface area (Å²) in [6.45, 7) is 8.78. The Kier molecular flexibility index (Phi) is 9.38. The first kappa shape index (κ1) is 16.9. The van der Waals surface area contributed by atoms with Crippen LogP contribution in [-0.2, 0) is 9.47 Å². The van der Waals surface area contributed by atoms with Crippen molar-refractivity contribution in [3.8, 4) is 0 Å². The quantitative estimate of drug-likeness (QED) is 0.562. The van der Waals surface area contributed by atoms with Gasteiger partial charge in [0.2, 0.25) is 0 Å². The molecule has 0 aromatic heterocycles. The van der Waals surface area contributed by atoms with Crippen LogP contribution in [-0.4, -0.2) is 75.8 Å². The highest BCUT2D eigenvalue weighted by molar-refractivity contribution is 4.75. The van der Waals surface area contributed by atoms with Crippen molar-refractivity contribution < 1.29 is 14.6 Å². The van der Waals surface area contributed by atoms with Crippen LogP contribution in [0.1, 0.15) is 19.8 Å². The number of likely N-dealkylation sites (tertiary alicyclic amines) is 1. The zero-order valence-corrected chi connectivity index (χ0v) is 12.4. The van der Waals surface area contributed by atoms with Crippen LogP contribution < -0.4 is 5.32 Å². The van der Waals surface area contributed by atoms with Gasteiger partial charge in [0, 0.05) is 13.7 Å². The molecule has 1 atom stereocenters. The molecule has 1 aliphatic heterocycles.